The van der Waals surface area contributed by atoms with Crippen LogP contribution in [0.3, 0.4) is 0 Å². The molecule has 0 radical (unpaired) electrons. The van der Waals surface area contributed by atoms with E-state index in [1.807, 2.05) is 57.4 Å². The first-order valence-corrected chi connectivity index (χ1v) is 9.50. The number of aromatic nitrogens is 4. The Bertz CT molecular complexity index is 1220. The van der Waals surface area contributed by atoms with Crippen LogP contribution in [0.1, 0.15) is 34.4 Å². The van der Waals surface area contributed by atoms with Gasteiger partial charge in [0.1, 0.15) is 5.82 Å². The lowest BCUT2D eigenvalue weighted by atomic mass is 10.0. The molecule has 0 spiro atoms. The second kappa shape index (κ2) is 7.75. The topological polar surface area (TPSA) is 80.7 Å². The average molecular weight is 383 g/mol. The second-order valence-corrected chi connectivity index (χ2v) is 6.95. The molecule has 0 aliphatic rings. The maximum absolute atomic E-state index is 12.6. The predicted octanol–water partition coefficient (Wildman–Crippen LogP) is 4.52. The zero-order chi connectivity index (χ0) is 20.4. The Hall–Kier alpha value is -3.67. The number of fused-ring (bicyclic) bond motifs is 1. The molecule has 1 aromatic carbocycles. The van der Waals surface area contributed by atoms with E-state index in [2.05, 4.69) is 25.3 Å². The molecule has 0 aliphatic carbocycles. The highest BCUT2D eigenvalue weighted by Gasteiger charge is 2.10. The number of pyridine rings is 2. The number of anilines is 1. The fourth-order valence-corrected chi connectivity index (χ4v) is 3.18. The first-order chi connectivity index (χ1) is 14.0. The third kappa shape index (κ3) is 3.96. The van der Waals surface area contributed by atoms with Crippen LogP contribution < -0.4 is 5.32 Å². The molecule has 4 rings (SSSR count). The van der Waals surface area contributed by atoms with Crippen LogP contribution in [0.2, 0.25) is 0 Å². The normalized spacial score (nSPS) is 10.9. The van der Waals surface area contributed by atoms with Crippen molar-refractivity contribution in [1.29, 1.82) is 0 Å². The van der Waals surface area contributed by atoms with E-state index in [0.29, 0.717) is 11.2 Å². The summed E-state index contributed by atoms with van der Waals surface area (Å²) in [6, 6.07) is 11.4. The molecule has 0 aliphatic heterocycles. The molecule has 3 heterocycles. The zero-order valence-corrected chi connectivity index (χ0v) is 16.6. The minimum atomic E-state index is -0.164. The SMILES string of the molecule is CCc1ncc2cc(-c3cc(NC(=O)c4ccnc(C)c4)ccc3C)cnc2n1. The highest BCUT2D eigenvalue weighted by atomic mass is 16.1. The minimum absolute atomic E-state index is 0.164. The Morgan fingerprint density at radius 1 is 1.00 bits per heavy atom. The summed E-state index contributed by atoms with van der Waals surface area (Å²) < 4.78 is 0. The number of benzene rings is 1. The number of rotatable bonds is 4. The molecule has 29 heavy (non-hydrogen) atoms. The molecule has 0 bridgehead atoms. The van der Waals surface area contributed by atoms with E-state index < -0.39 is 0 Å². The molecule has 6 nitrogen and oxygen atoms in total. The molecular weight excluding hydrogens is 362 g/mol. The van der Waals surface area contributed by atoms with Crippen molar-refractivity contribution >= 4 is 22.6 Å². The van der Waals surface area contributed by atoms with E-state index in [4.69, 9.17) is 0 Å². The standard InChI is InChI=1S/C23H21N5O/c1-4-21-25-13-18-10-17(12-26-22(18)28-21)20-11-19(6-5-14(20)2)27-23(29)16-7-8-24-15(3)9-16/h5-13H,4H2,1-3H3,(H,27,29). The molecule has 1 N–H and O–H groups in total. The first-order valence-electron chi connectivity index (χ1n) is 9.50. The number of amides is 1. The summed E-state index contributed by atoms with van der Waals surface area (Å²) in [5.74, 6) is 0.618. The molecule has 0 saturated heterocycles. The van der Waals surface area contributed by atoms with Crippen molar-refractivity contribution in [2.45, 2.75) is 27.2 Å². The van der Waals surface area contributed by atoms with Crippen molar-refractivity contribution in [2.24, 2.45) is 0 Å². The Balaban J connectivity index is 1.66. The molecule has 0 fully saturated rings. The number of carbonyl (C=O) groups is 1. The molecule has 3 aromatic heterocycles. The Labute approximate surface area is 169 Å². The van der Waals surface area contributed by atoms with Gasteiger partial charge in [-0.2, -0.15) is 0 Å². The van der Waals surface area contributed by atoms with E-state index in [0.717, 1.165) is 45.7 Å². The van der Waals surface area contributed by atoms with Crippen molar-refractivity contribution in [3.63, 3.8) is 0 Å². The Morgan fingerprint density at radius 2 is 1.86 bits per heavy atom. The second-order valence-electron chi connectivity index (χ2n) is 6.95. The maximum Gasteiger partial charge on any atom is 0.255 e. The van der Waals surface area contributed by atoms with Crippen LogP contribution in [0.4, 0.5) is 5.69 Å². The number of carbonyl (C=O) groups excluding carboxylic acids is 1. The highest BCUT2D eigenvalue weighted by molar-refractivity contribution is 6.04. The lowest BCUT2D eigenvalue weighted by Gasteiger charge is -2.11. The van der Waals surface area contributed by atoms with E-state index >= 15 is 0 Å². The predicted molar refractivity (Wildman–Crippen MR) is 114 cm³/mol. The third-order valence-electron chi connectivity index (χ3n) is 4.76. The quantitative estimate of drug-likeness (QED) is 0.560. The molecule has 6 heteroatoms. The van der Waals surface area contributed by atoms with Crippen molar-refractivity contribution in [1.82, 2.24) is 19.9 Å². The smallest absolute Gasteiger partial charge is 0.255 e. The van der Waals surface area contributed by atoms with Gasteiger partial charge < -0.3 is 5.32 Å². The fourth-order valence-electron chi connectivity index (χ4n) is 3.18. The molecule has 0 atom stereocenters. The van der Waals surface area contributed by atoms with Crippen LogP contribution in [-0.4, -0.2) is 25.8 Å². The summed E-state index contributed by atoms with van der Waals surface area (Å²) in [5.41, 5.74) is 5.85. The zero-order valence-electron chi connectivity index (χ0n) is 16.6. The van der Waals surface area contributed by atoms with Crippen LogP contribution >= 0.6 is 0 Å². The van der Waals surface area contributed by atoms with E-state index in [9.17, 15) is 4.79 Å². The Morgan fingerprint density at radius 3 is 2.66 bits per heavy atom. The Kier molecular flexibility index (Phi) is 4.99. The van der Waals surface area contributed by atoms with Gasteiger partial charge in [0.25, 0.3) is 5.91 Å². The first kappa shape index (κ1) is 18.7. The summed E-state index contributed by atoms with van der Waals surface area (Å²) in [7, 11) is 0. The van der Waals surface area contributed by atoms with Crippen LogP contribution in [0.25, 0.3) is 22.2 Å². The molecule has 4 aromatic rings. The molecular formula is C23H21N5O. The van der Waals surface area contributed by atoms with Gasteiger partial charge >= 0.3 is 0 Å². The molecule has 1 amide bonds. The van der Waals surface area contributed by atoms with Gasteiger partial charge in [-0.3, -0.25) is 9.78 Å². The van der Waals surface area contributed by atoms with Crippen molar-refractivity contribution in [3.05, 3.63) is 77.6 Å². The van der Waals surface area contributed by atoms with E-state index in [-0.39, 0.29) is 5.91 Å². The monoisotopic (exact) mass is 383 g/mol. The third-order valence-corrected chi connectivity index (χ3v) is 4.76. The summed E-state index contributed by atoms with van der Waals surface area (Å²) in [4.78, 5) is 30.0. The molecule has 144 valence electrons. The highest BCUT2D eigenvalue weighted by Crippen LogP contribution is 2.28. The van der Waals surface area contributed by atoms with E-state index in [1.54, 1.807) is 18.3 Å². The van der Waals surface area contributed by atoms with Gasteiger partial charge in [-0.25, -0.2) is 15.0 Å². The summed E-state index contributed by atoms with van der Waals surface area (Å²) in [6.45, 7) is 5.92. The van der Waals surface area contributed by atoms with Gasteiger partial charge in [-0.15, -0.1) is 0 Å². The average Bonchev–Trinajstić information content (AvgIpc) is 2.74. The van der Waals surface area contributed by atoms with Crippen molar-refractivity contribution in [2.75, 3.05) is 5.32 Å². The van der Waals surface area contributed by atoms with Crippen molar-refractivity contribution < 1.29 is 4.79 Å². The number of nitrogens with zero attached hydrogens (tertiary/aromatic N) is 4. The lowest BCUT2D eigenvalue weighted by Crippen LogP contribution is -2.12. The van der Waals surface area contributed by atoms with Gasteiger partial charge in [0.05, 0.1) is 0 Å². The largest absolute Gasteiger partial charge is 0.322 e. The maximum atomic E-state index is 12.6. The number of hydrogen-bond donors (Lipinski definition) is 1. The van der Waals surface area contributed by atoms with Crippen LogP contribution in [0.15, 0.2) is 55.0 Å². The van der Waals surface area contributed by atoms with Crippen LogP contribution in [0, 0.1) is 13.8 Å². The van der Waals surface area contributed by atoms with Gasteiger partial charge in [0, 0.05) is 52.9 Å². The van der Waals surface area contributed by atoms with Gasteiger partial charge in [0.15, 0.2) is 5.65 Å². The number of nitrogens with one attached hydrogen (secondary N) is 1. The summed E-state index contributed by atoms with van der Waals surface area (Å²) in [6.07, 6.45) is 6.04. The van der Waals surface area contributed by atoms with Gasteiger partial charge in [0.2, 0.25) is 0 Å². The number of aryl methyl sites for hydroxylation is 3. The molecule has 0 unspecified atom stereocenters. The molecule has 0 saturated carbocycles. The van der Waals surface area contributed by atoms with Gasteiger partial charge in [-0.1, -0.05) is 13.0 Å². The van der Waals surface area contributed by atoms with E-state index in [1.165, 1.54) is 0 Å². The lowest BCUT2D eigenvalue weighted by molar-refractivity contribution is 0.102. The van der Waals surface area contributed by atoms with Gasteiger partial charge in [-0.05, 0) is 55.3 Å². The minimum Gasteiger partial charge on any atom is -0.322 e. The van der Waals surface area contributed by atoms with Crippen LogP contribution in [-0.2, 0) is 6.42 Å². The number of hydrogen-bond acceptors (Lipinski definition) is 5. The fraction of sp³-hybridized carbons (Fsp3) is 0.174. The van der Waals surface area contributed by atoms with Crippen molar-refractivity contribution in [3.8, 4) is 11.1 Å². The summed E-state index contributed by atoms with van der Waals surface area (Å²) >= 11 is 0. The summed E-state index contributed by atoms with van der Waals surface area (Å²) in [5, 5.41) is 3.85. The van der Waals surface area contributed by atoms with Crippen LogP contribution in [0.5, 0.6) is 0 Å².